The normalized spacial score (nSPS) is 13.3. The number of nitrogens with two attached hydrogens (primary N) is 1. The number of carbonyl (C=O) groups excluding carboxylic acids is 1. The lowest BCUT2D eigenvalue weighted by Crippen LogP contribution is -2.40. The van der Waals surface area contributed by atoms with Crippen LogP contribution in [0.5, 0.6) is 0 Å². The molecule has 0 aliphatic heterocycles. The summed E-state index contributed by atoms with van der Waals surface area (Å²) in [4.78, 5) is 13.8. The van der Waals surface area contributed by atoms with Gasteiger partial charge in [0.25, 0.3) is 0 Å². The summed E-state index contributed by atoms with van der Waals surface area (Å²) < 4.78 is 5.41. The second-order valence-corrected chi connectivity index (χ2v) is 5.45. The van der Waals surface area contributed by atoms with Crippen molar-refractivity contribution in [2.24, 2.45) is 5.73 Å². The minimum absolute atomic E-state index is 0.00793. The van der Waals surface area contributed by atoms with Crippen LogP contribution >= 0.6 is 12.2 Å². The maximum atomic E-state index is 11.7. The third-order valence-electron chi connectivity index (χ3n) is 2.18. The molecule has 0 radical (unpaired) electrons. The zero-order valence-corrected chi connectivity index (χ0v) is 11.6. The lowest BCUT2D eigenvalue weighted by molar-refractivity contribution is -0.141. The van der Waals surface area contributed by atoms with Crippen LogP contribution in [-0.2, 0) is 9.53 Å². The zero-order valence-electron chi connectivity index (χ0n) is 10.7. The van der Waals surface area contributed by atoms with Crippen molar-refractivity contribution in [2.45, 2.75) is 45.8 Å². The van der Waals surface area contributed by atoms with E-state index in [9.17, 15) is 4.79 Å². The fourth-order valence-corrected chi connectivity index (χ4v) is 1.30. The molecule has 0 heterocycles. The Morgan fingerprint density at radius 1 is 1.50 bits per heavy atom. The molecule has 5 heteroatoms. The Bertz CT molecular complexity index is 261. The molecule has 0 aliphatic carbocycles. The number of thiocarbonyl (C=S) groups is 1. The molecule has 0 saturated heterocycles. The first kappa shape index (κ1) is 15.3. The van der Waals surface area contributed by atoms with E-state index in [1.54, 1.807) is 11.9 Å². The van der Waals surface area contributed by atoms with Gasteiger partial charge in [-0.25, -0.2) is 0 Å². The van der Waals surface area contributed by atoms with Crippen molar-refractivity contribution in [1.29, 1.82) is 0 Å². The van der Waals surface area contributed by atoms with E-state index in [1.165, 1.54) is 0 Å². The number of hydrogen-bond acceptors (Lipinski definition) is 3. The van der Waals surface area contributed by atoms with Gasteiger partial charge in [0.05, 0.1) is 10.6 Å². The summed E-state index contributed by atoms with van der Waals surface area (Å²) in [6, 6.07) is 0.00793. The van der Waals surface area contributed by atoms with Crippen molar-refractivity contribution in [1.82, 2.24) is 4.90 Å². The van der Waals surface area contributed by atoms with E-state index < -0.39 is 0 Å². The van der Waals surface area contributed by atoms with Gasteiger partial charge < -0.3 is 15.4 Å². The fraction of sp³-hybridized carbons (Fsp3) is 0.818. The van der Waals surface area contributed by atoms with Gasteiger partial charge in [-0.2, -0.15) is 0 Å². The average Bonchev–Trinajstić information content (AvgIpc) is 2.10. The first-order chi connectivity index (χ1) is 7.13. The van der Waals surface area contributed by atoms with E-state index >= 15 is 0 Å². The molecule has 0 aromatic heterocycles. The van der Waals surface area contributed by atoms with Crippen LogP contribution in [-0.4, -0.2) is 41.1 Å². The molecule has 1 atom stereocenters. The molecule has 0 bridgehead atoms. The number of ether oxygens (including phenoxy) is 1. The monoisotopic (exact) mass is 246 g/mol. The third kappa shape index (κ3) is 6.74. The summed E-state index contributed by atoms with van der Waals surface area (Å²) in [7, 11) is 1.73. The molecule has 1 amide bonds. The molecule has 0 aromatic rings. The van der Waals surface area contributed by atoms with E-state index in [-0.39, 0.29) is 24.2 Å². The highest BCUT2D eigenvalue weighted by atomic mass is 32.1. The van der Waals surface area contributed by atoms with Crippen molar-refractivity contribution >= 4 is 23.1 Å². The van der Waals surface area contributed by atoms with Crippen LogP contribution in [0.4, 0.5) is 0 Å². The van der Waals surface area contributed by atoms with Gasteiger partial charge in [0.2, 0.25) is 5.91 Å². The fourth-order valence-electron chi connectivity index (χ4n) is 1.05. The summed E-state index contributed by atoms with van der Waals surface area (Å²) in [5.41, 5.74) is 5.13. The minimum Gasteiger partial charge on any atom is -0.393 e. The van der Waals surface area contributed by atoms with Crippen molar-refractivity contribution in [2.75, 3.05) is 13.7 Å². The Morgan fingerprint density at radius 2 is 2.00 bits per heavy atom. The summed E-state index contributed by atoms with van der Waals surface area (Å²) >= 11 is 4.81. The molecule has 1 unspecified atom stereocenters. The summed E-state index contributed by atoms with van der Waals surface area (Å²) in [5, 5.41) is 0. The van der Waals surface area contributed by atoms with E-state index in [0.29, 0.717) is 11.4 Å². The van der Waals surface area contributed by atoms with Crippen LogP contribution in [0.15, 0.2) is 0 Å². The summed E-state index contributed by atoms with van der Waals surface area (Å²) in [6.45, 7) is 7.74. The van der Waals surface area contributed by atoms with E-state index in [1.807, 2.05) is 27.7 Å². The Hall–Kier alpha value is -0.680. The van der Waals surface area contributed by atoms with Gasteiger partial charge >= 0.3 is 0 Å². The molecule has 4 nitrogen and oxygen atoms in total. The highest BCUT2D eigenvalue weighted by molar-refractivity contribution is 7.80. The predicted molar refractivity (Wildman–Crippen MR) is 69.3 cm³/mol. The molecule has 0 fully saturated rings. The molecular weight excluding hydrogens is 224 g/mol. The van der Waals surface area contributed by atoms with Gasteiger partial charge in [0.1, 0.15) is 6.61 Å². The Morgan fingerprint density at radius 3 is 2.38 bits per heavy atom. The van der Waals surface area contributed by atoms with Crippen LogP contribution in [0.2, 0.25) is 0 Å². The Labute approximate surface area is 103 Å². The average molecular weight is 246 g/mol. The van der Waals surface area contributed by atoms with Crippen molar-refractivity contribution in [3.05, 3.63) is 0 Å². The first-order valence-electron chi connectivity index (χ1n) is 5.31. The van der Waals surface area contributed by atoms with Gasteiger partial charge in [-0.05, 0) is 27.7 Å². The van der Waals surface area contributed by atoms with Crippen LogP contribution in [0.25, 0.3) is 0 Å². The first-order valence-corrected chi connectivity index (χ1v) is 5.72. The number of likely N-dealkylation sites (N-methyl/N-ethyl adjacent to an activating group) is 1. The maximum Gasteiger partial charge on any atom is 0.248 e. The quantitative estimate of drug-likeness (QED) is 0.743. The van der Waals surface area contributed by atoms with Gasteiger partial charge in [-0.1, -0.05) is 12.2 Å². The van der Waals surface area contributed by atoms with Crippen LogP contribution in [0, 0.1) is 0 Å². The van der Waals surface area contributed by atoms with Gasteiger partial charge in [-0.3, -0.25) is 4.79 Å². The second-order valence-electron chi connectivity index (χ2n) is 4.93. The van der Waals surface area contributed by atoms with Crippen LogP contribution < -0.4 is 5.73 Å². The molecule has 0 spiro atoms. The zero-order chi connectivity index (χ0) is 12.9. The molecule has 0 aromatic carbocycles. The smallest absolute Gasteiger partial charge is 0.248 e. The molecule has 16 heavy (non-hydrogen) atoms. The highest BCUT2D eigenvalue weighted by Crippen LogP contribution is 2.08. The lowest BCUT2D eigenvalue weighted by atomic mass is 10.2. The third-order valence-corrected chi connectivity index (χ3v) is 2.35. The van der Waals surface area contributed by atoms with Crippen molar-refractivity contribution in [3.8, 4) is 0 Å². The predicted octanol–water partition coefficient (Wildman–Crippen LogP) is 1.32. The SMILES string of the molecule is CC(CC(N)=S)N(C)C(=O)COC(C)(C)C. The molecule has 0 saturated carbocycles. The van der Waals surface area contributed by atoms with Crippen molar-refractivity contribution < 1.29 is 9.53 Å². The molecular formula is C11H22N2O2S. The van der Waals surface area contributed by atoms with E-state index in [4.69, 9.17) is 22.7 Å². The molecule has 0 aliphatic rings. The van der Waals surface area contributed by atoms with Crippen molar-refractivity contribution in [3.63, 3.8) is 0 Å². The topological polar surface area (TPSA) is 55.6 Å². The van der Waals surface area contributed by atoms with Gasteiger partial charge in [-0.15, -0.1) is 0 Å². The second kappa shape index (κ2) is 6.15. The van der Waals surface area contributed by atoms with Gasteiger partial charge in [0.15, 0.2) is 0 Å². The van der Waals surface area contributed by atoms with E-state index in [2.05, 4.69) is 0 Å². The van der Waals surface area contributed by atoms with Crippen LogP contribution in [0.1, 0.15) is 34.1 Å². The Balaban J connectivity index is 4.13. The lowest BCUT2D eigenvalue weighted by Gasteiger charge is -2.26. The Kier molecular flexibility index (Phi) is 5.89. The number of amides is 1. The largest absolute Gasteiger partial charge is 0.393 e. The van der Waals surface area contributed by atoms with E-state index in [0.717, 1.165) is 0 Å². The maximum absolute atomic E-state index is 11.7. The standard InChI is InChI=1S/C11H22N2O2S/c1-8(6-9(12)16)13(5)10(14)7-15-11(2,3)4/h8H,6-7H2,1-5H3,(H2,12,16). The molecule has 2 N–H and O–H groups in total. The summed E-state index contributed by atoms with van der Waals surface area (Å²) in [6.07, 6.45) is 0.535. The minimum atomic E-state index is -0.303. The molecule has 0 rings (SSSR count). The number of carbonyl (C=O) groups is 1. The van der Waals surface area contributed by atoms with Gasteiger partial charge in [0, 0.05) is 19.5 Å². The summed E-state index contributed by atoms with van der Waals surface area (Å²) in [5.74, 6) is -0.0568. The highest BCUT2D eigenvalue weighted by Gasteiger charge is 2.19. The molecule has 94 valence electrons. The van der Waals surface area contributed by atoms with Crippen LogP contribution in [0.3, 0.4) is 0 Å². The number of rotatable bonds is 5. The number of hydrogen-bond donors (Lipinski definition) is 1. The number of nitrogens with zero attached hydrogens (tertiary/aromatic N) is 1.